The zero-order chi connectivity index (χ0) is 24.7. The number of esters is 1. The summed E-state index contributed by atoms with van der Waals surface area (Å²) in [6, 6.07) is 3.20. The Hall–Kier alpha value is -2.03. The summed E-state index contributed by atoms with van der Waals surface area (Å²) in [5.41, 5.74) is 0. The molecule has 190 valence electrons. The van der Waals surface area contributed by atoms with Gasteiger partial charge in [-0.3, -0.25) is 4.79 Å². The lowest BCUT2D eigenvalue weighted by atomic mass is 9.86. The normalized spacial score (nSPS) is 28.0. The maximum atomic E-state index is 13.3. The van der Waals surface area contributed by atoms with Crippen molar-refractivity contribution in [1.82, 2.24) is 0 Å². The molecule has 2 aliphatic rings. The van der Waals surface area contributed by atoms with Crippen LogP contribution in [0, 0.1) is 29.4 Å². The van der Waals surface area contributed by atoms with Crippen molar-refractivity contribution in [2.45, 2.75) is 76.8 Å². The second kappa shape index (κ2) is 12.6. The Bertz CT molecular complexity index is 830. The van der Waals surface area contributed by atoms with Crippen molar-refractivity contribution < 1.29 is 38.0 Å². The summed E-state index contributed by atoms with van der Waals surface area (Å²) in [4.78, 5) is 11.7. The van der Waals surface area contributed by atoms with Gasteiger partial charge in [-0.1, -0.05) is 12.2 Å². The van der Waals surface area contributed by atoms with Crippen molar-refractivity contribution >= 4 is 5.97 Å². The van der Waals surface area contributed by atoms with Gasteiger partial charge in [0.1, 0.15) is 18.5 Å². The van der Waals surface area contributed by atoms with Gasteiger partial charge in [-0.2, -0.15) is 0 Å². The van der Waals surface area contributed by atoms with Gasteiger partial charge in [0.05, 0.1) is 18.3 Å². The van der Waals surface area contributed by atoms with Crippen LogP contribution in [0.2, 0.25) is 0 Å². The summed E-state index contributed by atoms with van der Waals surface area (Å²) >= 11 is 0. The molecule has 1 aliphatic heterocycles. The van der Waals surface area contributed by atoms with Gasteiger partial charge < -0.3 is 24.4 Å². The minimum atomic E-state index is -1.01. The fourth-order valence-corrected chi connectivity index (χ4v) is 4.86. The number of aliphatic hydroxyl groups is 2. The number of hydrogen-bond acceptors (Lipinski definition) is 6. The van der Waals surface area contributed by atoms with Crippen LogP contribution in [0.25, 0.3) is 0 Å². The maximum absolute atomic E-state index is 13.3. The topological polar surface area (TPSA) is 85.2 Å². The van der Waals surface area contributed by atoms with Crippen LogP contribution in [0.4, 0.5) is 8.78 Å². The highest BCUT2D eigenvalue weighted by Crippen LogP contribution is 2.42. The van der Waals surface area contributed by atoms with Gasteiger partial charge in [0, 0.05) is 31.4 Å². The molecular weight excluding hydrogens is 446 g/mol. The Morgan fingerprint density at radius 2 is 2.06 bits per heavy atom. The zero-order valence-electron chi connectivity index (χ0n) is 19.9. The van der Waals surface area contributed by atoms with Crippen molar-refractivity contribution in [3.8, 4) is 5.75 Å². The van der Waals surface area contributed by atoms with E-state index in [0.29, 0.717) is 25.4 Å². The average molecular weight is 483 g/mol. The second-order valence-corrected chi connectivity index (χ2v) is 9.63. The van der Waals surface area contributed by atoms with E-state index in [2.05, 4.69) is 0 Å². The number of hydrogen-bond donors (Lipinski definition) is 2. The number of ether oxygens (including phenoxy) is 3. The van der Waals surface area contributed by atoms with Crippen molar-refractivity contribution in [1.29, 1.82) is 0 Å². The summed E-state index contributed by atoms with van der Waals surface area (Å²) < 4.78 is 42.9. The molecule has 34 heavy (non-hydrogen) atoms. The van der Waals surface area contributed by atoms with Gasteiger partial charge in [0.25, 0.3) is 0 Å². The molecule has 1 saturated carbocycles. The monoisotopic (exact) mass is 482 g/mol. The highest BCUT2D eigenvalue weighted by molar-refractivity contribution is 5.69. The molecule has 0 aromatic heterocycles. The zero-order valence-corrected chi connectivity index (χ0v) is 19.9. The van der Waals surface area contributed by atoms with Crippen LogP contribution < -0.4 is 4.74 Å². The number of fused-ring (bicyclic) bond motifs is 1. The van der Waals surface area contributed by atoms with Crippen molar-refractivity contribution in [2.75, 3.05) is 13.2 Å². The maximum Gasteiger partial charge on any atom is 0.306 e. The van der Waals surface area contributed by atoms with E-state index >= 15 is 0 Å². The molecule has 1 aliphatic carbocycles. The van der Waals surface area contributed by atoms with Crippen LogP contribution in [0.3, 0.4) is 0 Å². The van der Waals surface area contributed by atoms with Gasteiger partial charge in [0.15, 0.2) is 11.6 Å². The smallest absolute Gasteiger partial charge is 0.306 e. The predicted octanol–water partition coefficient (Wildman–Crippen LogP) is 4.17. The van der Waals surface area contributed by atoms with Crippen molar-refractivity contribution in [3.05, 3.63) is 42.0 Å². The van der Waals surface area contributed by atoms with Gasteiger partial charge in [-0.05, 0) is 63.5 Å². The molecule has 0 amide bonds. The fraction of sp³-hybridized carbons (Fsp3) is 0.654. The van der Waals surface area contributed by atoms with Crippen LogP contribution in [0.1, 0.15) is 52.4 Å². The van der Waals surface area contributed by atoms with Gasteiger partial charge in [0.2, 0.25) is 0 Å². The molecule has 1 heterocycles. The first-order valence-corrected chi connectivity index (χ1v) is 12.2. The highest BCUT2D eigenvalue weighted by atomic mass is 19.2. The Labute approximate surface area is 199 Å². The van der Waals surface area contributed by atoms with E-state index in [4.69, 9.17) is 14.2 Å². The molecule has 0 unspecified atom stereocenters. The minimum absolute atomic E-state index is 0.0314. The van der Waals surface area contributed by atoms with E-state index in [-0.39, 0.29) is 42.4 Å². The Morgan fingerprint density at radius 3 is 2.79 bits per heavy atom. The molecule has 0 spiro atoms. The van der Waals surface area contributed by atoms with Crippen LogP contribution in [-0.4, -0.2) is 53.8 Å². The SMILES string of the molecule is CC(C)OC(=O)CCC[C@H]1CC[C@@H]2[C@@H](C=C[C@@H](O)COc3ccc(F)c(F)c3)[C@H](O)C[C@@H]2OC1. The highest BCUT2D eigenvalue weighted by Gasteiger charge is 2.43. The summed E-state index contributed by atoms with van der Waals surface area (Å²) in [7, 11) is 0. The molecule has 2 fully saturated rings. The van der Waals surface area contributed by atoms with Crippen LogP contribution in [0.15, 0.2) is 30.4 Å². The molecule has 1 saturated heterocycles. The quantitative estimate of drug-likeness (QED) is 0.385. The van der Waals surface area contributed by atoms with E-state index in [1.54, 1.807) is 6.08 Å². The first-order chi connectivity index (χ1) is 16.2. The van der Waals surface area contributed by atoms with E-state index in [1.807, 2.05) is 19.9 Å². The molecule has 0 bridgehead atoms. The standard InChI is InChI=1S/C26H36F2O6/c1-16(2)34-26(31)5-3-4-17-6-9-21-20(24(30)13-25(21)33-14-17)10-7-18(29)15-32-19-8-11-22(27)23(28)12-19/h7-8,10-12,16-18,20-21,24-25,29-30H,3-6,9,13-15H2,1-2H3/t17-,18+,20+,21+,24+,25-/m0/s1. The molecule has 8 heteroatoms. The molecule has 3 rings (SSSR count). The summed E-state index contributed by atoms with van der Waals surface area (Å²) in [5.74, 6) is -1.61. The number of carbonyl (C=O) groups is 1. The second-order valence-electron chi connectivity index (χ2n) is 9.63. The molecule has 1 aromatic rings. The summed E-state index contributed by atoms with van der Waals surface area (Å²) in [5, 5.41) is 20.8. The lowest BCUT2D eigenvalue weighted by Crippen LogP contribution is -2.22. The largest absolute Gasteiger partial charge is 0.490 e. The Kier molecular flexibility index (Phi) is 9.85. The first kappa shape index (κ1) is 26.6. The molecule has 0 radical (unpaired) electrons. The lowest BCUT2D eigenvalue weighted by molar-refractivity contribution is -0.147. The third-order valence-electron chi connectivity index (χ3n) is 6.57. The molecule has 1 aromatic carbocycles. The number of carbonyl (C=O) groups excluding carboxylic acids is 1. The molecule has 2 N–H and O–H groups in total. The first-order valence-electron chi connectivity index (χ1n) is 12.2. The van der Waals surface area contributed by atoms with Crippen molar-refractivity contribution in [2.24, 2.45) is 17.8 Å². The predicted molar refractivity (Wildman–Crippen MR) is 122 cm³/mol. The fourth-order valence-electron chi connectivity index (χ4n) is 4.86. The van der Waals surface area contributed by atoms with E-state index < -0.39 is 23.8 Å². The third-order valence-corrected chi connectivity index (χ3v) is 6.57. The number of rotatable bonds is 10. The molecule has 6 atom stereocenters. The van der Waals surface area contributed by atoms with E-state index in [9.17, 15) is 23.8 Å². The number of aliphatic hydroxyl groups excluding tert-OH is 2. The van der Waals surface area contributed by atoms with Crippen LogP contribution in [-0.2, 0) is 14.3 Å². The van der Waals surface area contributed by atoms with Crippen molar-refractivity contribution in [3.63, 3.8) is 0 Å². The minimum Gasteiger partial charge on any atom is -0.490 e. The number of benzene rings is 1. The van der Waals surface area contributed by atoms with E-state index in [1.165, 1.54) is 6.07 Å². The Morgan fingerprint density at radius 1 is 1.26 bits per heavy atom. The molecular formula is C26H36F2O6. The summed E-state index contributed by atoms with van der Waals surface area (Å²) in [6.07, 6.45) is 6.26. The third kappa shape index (κ3) is 7.75. The lowest BCUT2D eigenvalue weighted by Gasteiger charge is -2.21. The van der Waals surface area contributed by atoms with Crippen LogP contribution in [0.5, 0.6) is 5.75 Å². The van der Waals surface area contributed by atoms with Gasteiger partial charge in [-0.25, -0.2) is 8.78 Å². The molecule has 6 nitrogen and oxygen atoms in total. The van der Waals surface area contributed by atoms with Gasteiger partial charge >= 0.3 is 5.97 Å². The van der Waals surface area contributed by atoms with Gasteiger partial charge in [-0.15, -0.1) is 0 Å². The number of halogens is 2. The van der Waals surface area contributed by atoms with Crippen LogP contribution >= 0.6 is 0 Å². The summed E-state index contributed by atoms with van der Waals surface area (Å²) in [6.45, 7) is 4.19. The average Bonchev–Trinajstić information content (AvgIpc) is 2.94. The van der Waals surface area contributed by atoms with E-state index in [0.717, 1.165) is 37.8 Å². The Balaban J connectivity index is 1.46.